The van der Waals surface area contributed by atoms with Crippen LogP contribution in [0.1, 0.15) is 28.8 Å². The number of nitrogens with zero attached hydrogens (tertiary/aromatic N) is 2. The SMILES string of the molecule is Cc1cc(C=O)cnc1N1CCCC1C(N)=O. The van der Waals surface area contributed by atoms with E-state index in [2.05, 4.69) is 4.98 Å². The van der Waals surface area contributed by atoms with Crippen molar-refractivity contribution in [1.29, 1.82) is 0 Å². The van der Waals surface area contributed by atoms with E-state index in [9.17, 15) is 9.59 Å². The Morgan fingerprint density at radius 2 is 2.41 bits per heavy atom. The molecule has 0 aromatic carbocycles. The number of aromatic nitrogens is 1. The van der Waals surface area contributed by atoms with Gasteiger partial charge in [0.1, 0.15) is 11.9 Å². The molecule has 1 aliphatic heterocycles. The molecule has 0 spiro atoms. The zero-order valence-electron chi connectivity index (χ0n) is 9.72. The van der Waals surface area contributed by atoms with Gasteiger partial charge in [-0.2, -0.15) is 0 Å². The van der Waals surface area contributed by atoms with E-state index in [1.54, 1.807) is 6.07 Å². The summed E-state index contributed by atoms with van der Waals surface area (Å²) in [7, 11) is 0. The molecule has 0 saturated carbocycles. The minimum atomic E-state index is -0.317. The molecule has 0 aliphatic carbocycles. The van der Waals surface area contributed by atoms with E-state index in [0.29, 0.717) is 5.56 Å². The summed E-state index contributed by atoms with van der Waals surface area (Å²) in [6.45, 7) is 2.66. The van der Waals surface area contributed by atoms with Crippen molar-refractivity contribution in [2.24, 2.45) is 5.73 Å². The van der Waals surface area contributed by atoms with Crippen LogP contribution < -0.4 is 10.6 Å². The zero-order chi connectivity index (χ0) is 12.4. The van der Waals surface area contributed by atoms with E-state index in [1.165, 1.54) is 6.20 Å². The molecule has 1 unspecified atom stereocenters. The topological polar surface area (TPSA) is 76.3 Å². The number of carbonyl (C=O) groups is 2. The van der Waals surface area contributed by atoms with Crippen LogP contribution in [-0.2, 0) is 4.79 Å². The summed E-state index contributed by atoms with van der Waals surface area (Å²) in [5.41, 5.74) is 6.80. The van der Waals surface area contributed by atoms with Gasteiger partial charge in [0.2, 0.25) is 5.91 Å². The number of aldehydes is 1. The lowest BCUT2D eigenvalue weighted by molar-refractivity contribution is -0.119. The number of pyridine rings is 1. The summed E-state index contributed by atoms with van der Waals surface area (Å²) >= 11 is 0. The zero-order valence-corrected chi connectivity index (χ0v) is 9.72. The van der Waals surface area contributed by atoms with Crippen molar-refractivity contribution >= 4 is 18.0 Å². The number of rotatable bonds is 3. The maximum atomic E-state index is 11.3. The highest BCUT2D eigenvalue weighted by Crippen LogP contribution is 2.26. The summed E-state index contributed by atoms with van der Waals surface area (Å²) in [6.07, 6.45) is 3.99. The van der Waals surface area contributed by atoms with Gasteiger partial charge in [-0.15, -0.1) is 0 Å². The third kappa shape index (κ3) is 2.13. The first-order valence-electron chi connectivity index (χ1n) is 5.61. The second kappa shape index (κ2) is 4.53. The molecule has 5 nitrogen and oxygen atoms in total. The van der Waals surface area contributed by atoms with Crippen molar-refractivity contribution in [1.82, 2.24) is 4.98 Å². The van der Waals surface area contributed by atoms with E-state index >= 15 is 0 Å². The third-order valence-corrected chi connectivity index (χ3v) is 3.06. The normalized spacial score (nSPS) is 19.4. The number of nitrogens with two attached hydrogens (primary N) is 1. The van der Waals surface area contributed by atoms with Crippen molar-refractivity contribution in [2.45, 2.75) is 25.8 Å². The summed E-state index contributed by atoms with van der Waals surface area (Å²) in [6, 6.07) is 1.49. The smallest absolute Gasteiger partial charge is 0.240 e. The number of hydrogen-bond donors (Lipinski definition) is 1. The molecule has 1 aromatic rings. The first-order chi connectivity index (χ1) is 8.13. The van der Waals surface area contributed by atoms with Crippen LogP contribution in [0.4, 0.5) is 5.82 Å². The van der Waals surface area contributed by atoms with Gasteiger partial charge >= 0.3 is 0 Å². The van der Waals surface area contributed by atoms with Crippen LogP contribution in [0.15, 0.2) is 12.3 Å². The molecule has 0 radical (unpaired) electrons. The first kappa shape index (κ1) is 11.6. The van der Waals surface area contributed by atoms with Crippen molar-refractivity contribution in [3.63, 3.8) is 0 Å². The summed E-state index contributed by atoms with van der Waals surface area (Å²) in [4.78, 5) is 28.1. The number of hydrogen-bond acceptors (Lipinski definition) is 4. The molecule has 2 heterocycles. The lowest BCUT2D eigenvalue weighted by Crippen LogP contribution is -2.41. The van der Waals surface area contributed by atoms with E-state index in [0.717, 1.165) is 37.1 Å². The highest BCUT2D eigenvalue weighted by atomic mass is 16.1. The van der Waals surface area contributed by atoms with Gasteiger partial charge < -0.3 is 10.6 Å². The minimum Gasteiger partial charge on any atom is -0.368 e. The molecule has 17 heavy (non-hydrogen) atoms. The Morgan fingerprint density at radius 3 is 3.00 bits per heavy atom. The molecule has 1 fully saturated rings. The predicted octanol–water partition coefficient (Wildman–Crippen LogP) is 0.657. The fourth-order valence-electron chi connectivity index (χ4n) is 2.27. The van der Waals surface area contributed by atoms with Gasteiger partial charge in [0.25, 0.3) is 0 Å². The fraction of sp³-hybridized carbons (Fsp3) is 0.417. The van der Waals surface area contributed by atoms with Crippen molar-refractivity contribution in [3.8, 4) is 0 Å². The molecule has 90 valence electrons. The number of anilines is 1. The van der Waals surface area contributed by atoms with Gasteiger partial charge in [-0.1, -0.05) is 0 Å². The molecular weight excluding hydrogens is 218 g/mol. The van der Waals surface area contributed by atoms with E-state index < -0.39 is 0 Å². The van der Waals surface area contributed by atoms with Gasteiger partial charge in [0, 0.05) is 18.3 Å². The van der Waals surface area contributed by atoms with Crippen molar-refractivity contribution in [2.75, 3.05) is 11.4 Å². The van der Waals surface area contributed by atoms with Crippen LogP contribution in [0.25, 0.3) is 0 Å². The average Bonchev–Trinajstić information content (AvgIpc) is 2.77. The van der Waals surface area contributed by atoms with Crippen molar-refractivity contribution in [3.05, 3.63) is 23.4 Å². The number of carbonyl (C=O) groups excluding carboxylic acids is 2. The Kier molecular flexibility index (Phi) is 3.08. The average molecular weight is 233 g/mol. The van der Waals surface area contributed by atoms with E-state index in [-0.39, 0.29) is 11.9 Å². The highest BCUT2D eigenvalue weighted by Gasteiger charge is 2.30. The number of aryl methyl sites for hydroxylation is 1. The van der Waals surface area contributed by atoms with Crippen LogP contribution in [0.5, 0.6) is 0 Å². The maximum Gasteiger partial charge on any atom is 0.240 e. The molecule has 0 bridgehead atoms. The van der Waals surface area contributed by atoms with Crippen LogP contribution in [0, 0.1) is 6.92 Å². The summed E-state index contributed by atoms with van der Waals surface area (Å²) in [5.74, 6) is 0.431. The second-order valence-electron chi connectivity index (χ2n) is 4.28. The van der Waals surface area contributed by atoms with Gasteiger partial charge in [-0.25, -0.2) is 4.98 Å². The fourth-order valence-corrected chi connectivity index (χ4v) is 2.27. The quantitative estimate of drug-likeness (QED) is 0.778. The summed E-state index contributed by atoms with van der Waals surface area (Å²) in [5, 5.41) is 0. The Bertz CT molecular complexity index is 459. The standard InChI is InChI=1S/C12H15N3O2/c1-8-5-9(7-16)6-14-12(8)15-4-2-3-10(15)11(13)17/h5-7,10H,2-4H2,1H3,(H2,13,17). The predicted molar refractivity (Wildman–Crippen MR) is 63.9 cm³/mol. The molecule has 1 atom stereocenters. The molecule has 2 rings (SSSR count). The molecule has 1 saturated heterocycles. The maximum absolute atomic E-state index is 11.3. The van der Waals surface area contributed by atoms with E-state index in [4.69, 9.17) is 5.73 Å². The number of primary amides is 1. The van der Waals surface area contributed by atoms with E-state index in [1.807, 2.05) is 11.8 Å². The van der Waals surface area contributed by atoms with Crippen LogP contribution in [0.3, 0.4) is 0 Å². The molecule has 1 aliphatic rings. The lowest BCUT2D eigenvalue weighted by atomic mass is 10.2. The molecule has 1 amide bonds. The van der Waals surface area contributed by atoms with Crippen LogP contribution in [-0.4, -0.2) is 29.8 Å². The minimum absolute atomic E-state index is 0.275. The van der Waals surface area contributed by atoms with Crippen LogP contribution in [0.2, 0.25) is 0 Å². The third-order valence-electron chi connectivity index (χ3n) is 3.06. The second-order valence-corrected chi connectivity index (χ2v) is 4.28. The molecule has 1 aromatic heterocycles. The Morgan fingerprint density at radius 1 is 1.65 bits per heavy atom. The Balaban J connectivity index is 2.33. The molecular formula is C12H15N3O2. The highest BCUT2D eigenvalue weighted by molar-refractivity contribution is 5.84. The van der Waals surface area contributed by atoms with Gasteiger partial charge in [-0.3, -0.25) is 9.59 Å². The molecule has 2 N–H and O–H groups in total. The van der Waals surface area contributed by atoms with Gasteiger partial charge in [-0.05, 0) is 31.4 Å². The van der Waals surface area contributed by atoms with Gasteiger partial charge in [0.05, 0.1) is 0 Å². The number of amides is 1. The summed E-state index contributed by atoms with van der Waals surface area (Å²) < 4.78 is 0. The monoisotopic (exact) mass is 233 g/mol. The Labute approximate surface area is 99.6 Å². The van der Waals surface area contributed by atoms with Crippen LogP contribution >= 0.6 is 0 Å². The first-order valence-corrected chi connectivity index (χ1v) is 5.61. The Hall–Kier alpha value is -1.91. The lowest BCUT2D eigenvalue weighted by Gasteiger charge is -2.24. The molecule has 5 heteroatoms. The van der Waals surface area contributed by atoms with Gasteiger partial charge in [0.15, 0.2) is 6.29 Å². The van der Waals surface area contributed by atoms with Crippen molar-refractivity contribution < 1.29 is 9.59 Å². The largest absolute Gasteiger partial charge is 0.368 e.